The largest absolute Gasteiger partial charge is 0.494 e. The number of hydrogen-bond donors (Lipinski definition) is 0. The molecular weight excluding hydrogens is 617 g/mol. The van der Waals surface area contributed by atoms with Crippen LogP contribution in [0.25, 0.3) is 22.3 Å². The maximum atomic E-state index is 12.6. The van der Waals surface area contributed by atoms with Crippen LogP contribution in [0.4, 0.5) is 0 Å². The molecule has 0 saturated heterocycles. The summed E-state index contributed by atoms with van der Waals surface area (Å²) in [5.41, 5.74) is 6.74. The second kappa shape index (κ2) is 18.6. The monoisotopic (exact) mass is 670 g/mol. The number of ether oxygens (including phenoxy) is 3. The van der Waals surface area contributed by atoms with E-state index in [9.17, 15) is 4.79 Å². The Kier molecular flexibility index (Phi) is 13.2. The predicted octanol–water partition coefficient (Wildman–Crippen LogP) is 12.2. The van der Waals surface area contributed by atoms with Crippen LogP contribution < -0.4 is 9.47 Å². The Morgan fingerprint density at radius 3 is 1.58 bits per heavy atom. The van der Waals surface area contributed by atoms with Crippen LogP contribution in [0.2, 0.25) is 0 Å². The molecule has 4 aromatic rings. The van der Waals surface area contributed by atoms with Gasteiger partial charge in [-0.2, -0.15) is 0 Å². The Balaban J connectivity index is 0.878. The molecule has 1 saturated carbocycles. The Hall–Kier alpha value is -4.31. The summed E-state index contributed by atoms with van der Waals surface area (Å²) in [6, 6.07) is 33.5. The summed E-state index contributed by atoms with van der Waals surface area (Å²) >= 11 is 0. The molecule has 0 aromatic heterocycles. The van der Waals surface area contributed by atoms with Gasteiger partial charge in [-0.05, 0) is 88.7 Å². The SMILES string of the molecule is CCCCCCCCCCCCOc1ccc(COc2ccc(-c3ccc(-c4ccc(COC(=O)C5CC6C=CC5C6)cc4)cc3)cc2)cc1. The van der Waals surface area contributed by atoms with Crippen LogP contribution in [0.15, 0.2) is 109 Å². The lowest BCUT2D eigenvalue weighted by Crippen LogP contribution is -2.21. The molecule has 4 aromatic carbocycles. The number of carbonyl (C=O) groups is 1. The highest BCUT2D eigenvalue weighted by molar-refractivity contribution is 5.74. The van der Waals surface area contributed by atoms with Gasteiger partial charge < -0.3 is 14.2 Å². The minimum absolute atomic E-state index is 0.0408. The molecule has 2 bridgehead atoms. The molecule has 50 heavy (non-hydrogen) atoms. The number of esters is 1. The molecule has 0 aliphatic heterocycles. The molecule has 262 valence electrons. The van der Waals surface area contributed by atoms with E-state index in [2.05, 4.69) is 91.9 Å². The fourth-order valence-corrected chi connectivity index (χ4v) is 7.33. The number of hydrogen-bond acceptors (Lipinski definition) is 4. The summed E-state index contributed by atoms with van der Waals surface area (Å²) < 4.78 is 17.7. The molecule has 4 nitrogen and oxygen atoms in total. The van der Waals surface area contributed by atoms with Crippen LogP contribution in [0.1, 0.15) is 95.1 Å². The number of benzene rings is 4. The molecule has 0 radical (unpaired) electrons. The average Bonchev–Trinajstić information content (AvgIpc) is 3.81. The highest BCUT2D eigenvalue weighted by Crippen LogP contribution is 2.44. The number of allylic oxidation sites excluding steroid dienone is 2. The third-order valence-electron chi connectivity index (χ3n) is 10.4. The minimum atomic E-state index is -0.0497. The lowest BCUT2D eigenvalue weighted by atomic mass is 9.94. The van der Waals surface area contributed by atoms with Crippen molar-refractivity contribution >= 4 is 5.97 Å². The quantitative estimate of drug-likeness (QED) is 0.0533. The van der Waals surface area contributed by atoms with Crippen molar-refractivity contribution in [3.8, 4) is 33.8 Å². The molecule has 3 unspecified atom stereocenters. The van der Waals surface area contributed by atoms with E-state index in [0.29, 0.717) is 25.0 Å². The van der Waals surface area contributed by atoms with Gasteiger partial charge in [0.25, 0.3) is 0 Å². The van der Waals surface area contributed by atoms with E-state index in [1.165, 1.54) is 57.8 Å². The van der Waals surface area contributed by atoms with Crippen molar-refractivity contribution in [3.05, 3.63) is 120 Å². The Labute approximate surface area is 299 Å². The van der Waals surface area contributed by atoms with Crippen LogP contribution in [0, 0.1) is 17.8 Å². The molecule has 0 spiro atoms. The molecule has 4 heteroatoms. The number of carbonyl (C=O) groups excluding carboxylic acids is 1. The average molecular weight is 671 g/mol. The second-order valence-electron chi connectivity index (χ2n) is 14.3. The fourth-order valence-electron chi connectivity index (χ4n) is 7.33. The second-order valence-corrected chi connectivity index (χ2v) is 14.3. The lowest BCUT2D eigenvalue weighted by molar-refractivity contribution is -0.150. The molecular formula is C46H54O4. The first-order valence-corrected chi connectivity index (χ1v) is 19.1. The van der Waals surface area contributed by atoms with Crippen molar-refractivity contribution in [1.29, 1.82) is 0 Å². The van der Waals surface area contributed by atoms with Crippen LogP contribution in [0.5, 0.6) is 11.5 Å². The van der Waals surface area contributed by atoms with E-state index >= 15 is 0 Å². The van der Waals surface area contributed by atoms with E-state index in [1.807, 2.05) is 24.3 Å². The van der Waals surface area contributed by atoms with Crippen molar-refractivity contribution in [3.63, 3.8) is 0 Å². The fraction of sp³-hybridized carbons (Fsp3) is 0.413. The van der Waals surface area contributed by atoms with Crippen LogP contribution >= 0.6 is 0 Å². The minimum Gasteiger partial charge on any atom is -0.494 e. The molecule has 0 N–H and O–H groups in total. The van der Waals surface area contributed by atoms with E-state index in [4.69, 9.17) is 14.2 Å². The molecule has 2 aliphatic carbocycles. The Morgan fingerprint density at radius 1 is 0.540 bits per heavy atom. The summed E-state index contributed by atoms with van der Waals surface area (Å²) in [5, 5.41) is 0. The van der Waals surface area contributed by atoms with Gasteiger partial charge in [-0.25, -0.2) is 0 Å². The lowest BCUT2D eigenvalue weighted by Gasteiger charge is -2.16. The molecule has 3 atom stereocenters. The molecule has 1 fully saturated rings. The van der Waals surface area contributed by atoms with Gasteiger partial charge in [0.2, 0.25) is 0 Å². The number of unbranched alkanes of at least 4 members (excludes halogenated alkanes) is 9. The highest BCUT2D eigenvalue weighted by Gasteiger charge is 2.40. The van der Waals surface area contributed by atoms with Crippen LogP contribution in [-0.4, -0.2) is 12.6 Å². The topological polar surface area (TPSA) is 44.8 Å². The summed E-state index contributed by atoms with van der Waals surface area (Å²) in [7, 11) is 0. The van der Waals surface area contributed by atoms with Gasteiger partial charge in [-0.3, -0.25) is 4.79 Å². The molecule has 0 amide bonds. The molecule has 2 aliphatic rings. The van der Waals surface area contributed by atoms with Gasteiger partial charge in [0.15, 0.2) is 0 Å². The Bertz CT molecular complexity index is 1620. The van der Waals surface area contributed by atoms with Gasteiger partial charge in [-0.15, -0.1) is 0 Å². The smallest absolute Gasteiger partial charge is 0.309 e. The molecule has 0 heterocycles. The van der Waals surface area contributed by atoms with Crippen LogP contribution in [0.3, 0.4) is 0 Å². The van der Waals surface area contributed by atoms with Crippen LogP contribution in [-0.2, 0) is 22.7 Å². The third kappa shape index (κ3) is 10.4. The third-order valence-corrected chi connectivity index (χ3v) is 10.4. The summed E-state index contributed by atoms with van der Waals surface area (Å²) in [5.74, 6) is 2.72. The first-order valence-electron chi connectivity index (χ1n) is 19.1. The van der Waals surface area contributed by atoms with Crippen molar-refractivity contribution in [2.75, 3.05) is 6.61 Å². The standard InChI is InChI=1S/C46H54O4/c1-2-3-4-5-6-7-8-9-10-11-30-48-43-26-15-36(16-27-43)33-49-44-28-24-41(25-29-44)40-22-20-39(21-23-40)38-17-12-35(13-18-38)34-50-46(47)45-32-37-14-19-42(45)31-37/h12-29,37,42,45H,2-11,30-34H2,1H3. The Morgan fingerprint density at radius 2 is 1.02 bits per heavy atom. The van der Waals surface area contributed by atoms with Crippen molar-refractivity contribution < 1.29 is 19.0 Å². The van der Waals surface area contributed by atoms with Gasteiger partial charge in [0.1, 0.15) is 24.7 Å². The van der Waals surface area contributed by atoms with E-state index in [-0.39, 0.29) is 11.9 Å². The molecule has 6 rings (SSSR count). The summed E-state index contributed by atoms with van der Waals surface area (Å²) in [4.78, 5) is 12.6. The van der Waals surface area contributed by atoms with Crippen molar-refractivity contribution in [1.82, 2.24) is 0 Å². The number of rotatable bonds is 20. The van der Waals surface area contributed by atoms with E-state index in [1.54, 1.807) is 0 Å². The zero-order chi connectivity index (χ0) is 34.4. The van der Waals surface area contributed by atoms with E-state index < -0.39 is 0 Å². The van der Waals surface area contributed by atoms with Crippen molar-refractivity contribution in [2.45, 2.75) is 97.2 Å². The zero-order valence-electron chi connectivity index (χ0n) is 29.9. The van der Waals surface area contributed by atoms with E-state index in [0.717, 1.165) is 70.7 Å². The zero-order valence-corrected chi connectivity index (χ0v) is 29.9. The predicted molar refractivity (Wildman–Crippen MR) is 204 cm³/mol. The normalized spacial score (nSPS) is 17.6. The summed E-state index contributed by atoms with van der Waals surface area (Å²) in [6.45, 7) is 3.91. The number of fused-ring (bicyclic) bond motifs is 2. The van der Waals surface area contributed by atoms with Gasteiger partial charge in [0, 0.05) is 0 Å². The van der Waals surface area contributed by atoms with Gasteiger partial charge >= 0.3 is 5.97 Å². The van der Waals surface area contributed by atoms with Gasteiger partial charge in [-0.1, -0.05) is 150 Å². The first kappa shape index (κ1) is 35.5. The van der Waals surface area contributed by atoms with Crippen molar-refractivity contribution in [2.24, 2.45) is 17.8 Å². The summed E-state index contributed by atoms with van der Waals surface area (Å²) in [6.07, 6.45) is 19.8. The maximum absolute atomic E-state index is 12.6. The van der Waals surface area contributed by atoms with Gasteiger partial charge in [0.05, 0.1) is 12.5 Å². The first-order chi connectivity index (χ1) is 24.6. The highest BCUT2D eigenvalue weighted by atomic mass is 16.5. The maximum Gasteiger partial charge on any atom is 0.309 e.